The predicted octanol–water partition coefficient (Wildman–Crippen LogP) is 2.53. The van der Waals surface area contributed by atoms with E-state index in [4.69, 9.17) is 4.74 Å². The van der Waals surface area contributed by atoms with Gasteiger partial charge in [0, 0.05) is 50.8 Å². The van der Waals surface area contributed by atoms with Crippen LogP contribution in [0.15, 0.2) is 47.0 Å². The molecule has 2 aromatic rings. The first-order chi connectivity index (χ1) is 12.3. The van der Waals surface area contributed by atoms with Gasteiger partial charge in [0.1, 0.15) is 12.4 Å². The molecule has 1 aliphatic heterocycles. The maximum Gasteiger partial charge on any atom is 0.193 e. The van der Waals surface area contributed by atoms with Gasteiger partial charge in [-0.15, -0.1) is 35.3 Å². The van der Waals surface area contributed by atoms with Gasteiger partial charge in [-0.05, 0) is 23.6 Å². The maximum atomic E-state index is 5.66. The Labute approximate surface area is 176 Å². The van der Waals surface area contributed by atoms with E-state index in [1.807, 2.05) is 30.5 Å². The molecule has 0 aliphatic carbocycles. The van der Waals surface area contributed by atoms with Crippen LogP contribution in [0.4, 0.5) is 0 Å². The van der Waals surface area contributed by atoms with Gasteiger partial charge in [0.05, 0.1) is 12.7 Å². The molecule has 0 bridgehead atoms. The summed E-state index contributed by atoms with van der Waals surface area (Å²) >= 11 is 1.83. The molecule has 1 saturated heterocycles. The SMILES string of the molecule is CN=C(NCCOc1cccnc1)N1CCN(Cc2cccs2)CC1.I. The molecule has 0 saturated carbocycles. The van der Waals surface area contributed by atoms with Crippen molar-refractivity contribution in [3.63, 3.8) is 0 Å². The van der Waals surface area contributed by atoms with E-state index in [0.29, 0.717) is 6.61 Å². The van der Waals surface area contributed by atoms with E-state index in [2.05, 4.69) is 42.6 Å². The normalized spacial score (nSPS) is 15.4. The van der Waals surface area contributed by atoms with Crippen LogP contribution in [0.2, 0.25) is 0 Å². The third-order valence-corrected chi connectivity index (χ3v) is 4.99. The summed E-state index contributed by atoms with van der Waals surface area (Å²) in [5, 5.41) is 5.53. The van der Waals surface area contributed by atoms with E-state index in [1.54, 1.807) is 12.4 Å². The van der Waals surface area contributed by atoms with Crippen LogP contribution in [0.1, 0.15) is 4.88 Å². The molecule has 0 radical (unpaired) electrons. The average molecular weight is 487 g/mol. The molecule has 2 aromatic heterocycles. The van der Waals surface area contributed by atoms with E-state index in [1.165, 1.54) is 4.88 Å². The van der Waals surface area contributed by atoms with Crippen molar-refractivity contribution >= 4 is 41.3 Å². The second-order valence-corrected chi connectivity index (χ2v) is 6.89. The molecule has 3 heterocycles. The average Bonchev–Trinajstić information content (AvgIpc) is 3.17. The lowest BCUT2D eigenvalue weighted by Crippen LogP contribution is -2.52. The standard InChI is InChI=1S/C18H25N5OS.HI/c1-19-18(21-7-12-24-16-4-2-6-20-14-16)23-10-8-22(9-11-23)15-17-5-3-13-25-17;/h2-6,13-14H,7-12,15H2,1H3,(H,19,21);1H. The van der Waals surface area contributed by atoms with Gasteiger partial charge in [0.2, 0.25) is 0 Å². The second kappa shape index (κ2) is 11.3. The highest BCUT2D eigenvalue weighted by Crippen LogP contribution is 2.13. The lowest BCUT2D eigenvalue weighted by atomic mass is 10.3. The molecule has 8 heteroatoms. The fourth-order valence-electron chi connectivity index (χ4n) is 2.84. The first-order valence-corrected chi connectivity index (χ1v) is 9.46. The Morgan fingerprint density at radius 2 is 2.12 bits per heavy atom. The highest BCUT2D eigenvalue weighted by molar-refractivity contribution is 14.0. The Hall–Kier alpha value is -1.39. The number of nitrogens with zero attached hydrogens (tertiary/aromatic N) is 4. The quantitative estimate of drug-likeness (QED) is 0.294. The first-order valence-electron chi connectivity index (χ1n) is 8.58. The highest BCUT2D eigenvalue weighted by Gasteiger charge is 2.19. The summed E-state index contributed by atoms with van der Waals surface area (Å²) in [5.41, 5.74) is 0. The Balaban J connectivity index is 0.00000243. The van der Waals surface area contributed by atoms with E-state index in [-0.39, 0.29) is 24.0 Å². The van der Waals surface area contributed by atoms with Gasteiger partial charge >= 0.3 is 0 Å². The Morgan fingerprint density at radius 3 is 2.77 bits per heavy atom. The van der Waals surface area contributed by atoms with E-state index < -0.39 is 0 Å². The fraction of sp³-hybridized carbons (Fsp3) is 0.444. The summed E-state index contributed by atoms with van der Waals surface area (Å²) < 4.78 is 5.66. The molecular weight excluding hydrogens is 461 g/mol. The summed E-state index contributed by atoms with van der Waals surface area (Å²) in [6.07, 6.45) is 3.46. The molecule has 0 spiro atoms. The van der Waals surface area contributed by atoms with Gasteiger partial charge in [-0.1, -0.05) is 6.07 Å². The number of halogens is 1. The summed E-state index contributed by atoms with van der Waals surface area (Å²) in [4.78, 5) is 14.7. The first kappa shape index (κ1) is 20.9. The molecule has 3 rings (SSSR count). The lowest BCUT2D eigenvalue weighted by Gasteiger charge is -2.36. The van der Waals surface area contributed by atoms with E-state index in [0.717, 1.165) is 51.0 Å². The van der Waals surface area contributed by atoms with Crippen LogP contribution in [0.25, 0.3) is 0 Å². The number of hydrogen-bond acceptors (Lipinski definition) is 5. The van der Waals surface area contributed by atoms with Gasteiger partial charge in [0.15, 0.2) is 5.96 Å². The molecule has 0 aromatic carbocycles. The molecule has 26 heavy (non-hydrogen) atoms. The molecule has 0 atom stereocenters. The minimum Gasteiger partial charge on any atom is -0.490 e. The molecule has 1 N–H and O–H groups in total. The number of nitrogens with one attached hydrogen (secondary N) is 1. The van der Waals surface area contributed by atoms with E-state index in [9.17, 15) is 0 Å². The van der Waals surface area contributed by atoms with Crippen LogP contribution < -0.4 is 10.1 Å². The van der Waals surface area contributed by atoms with Crippen molar-refractivity contribution in [2.45, 2.75) is 6.54 Å². The Kier molecular flexibility index (Phi) is 9.13. The van der Waals surface area contributed by atoms with Crippen molar-refractivity contribution in [3.8, 4) is 5.75 Å². The van der Waals surface area contributed by atoms with E-state index >= 15 is 0 Å². The molecule has 1 fully saturated rings. The van der Waals surface area contributed by atoms with Crippen molar-refractivity contribution in [3.05, 3.63) is 46.9 Å². The van der Waals surface area contributed by atoms with Crippen LogP contribution in [0, 0.1) is 0 Å². The Bertz CT molecular complexity index is 645. The Morgan fingerprint density at radius 1 is 1.27 bits per heavy atom. The fourth-order valence-corrected chi connectivity index (χ4v) is 3.58. The summed E-state index contributed by atoms with van der Waals surface area (Å²) in [6, 6.07) is 8.11. The highest BCUT2D eigenvalue weighted by atomic mass is 127. The third kappa shape index (κ3) is 6.40. The topological polar surface area (TPSA) is 53.0 Å². The van der Waals surface area contributed by atoms with Crippen LogP contribution in [-0.4, -0.2) is 67.1 Å². The summed E-state index contributed by atoms with van der Waals surface area (Å²) in [5.74, 6) is 1.74. The summed E-state index contributed by atoms with van der Waals surface area (Å²) in [6.45, 7) is 6.47. The van der Waals surface area contributed by atoms with Crippen molar-refractivity contribution in [2.75, 3.05) is 46.4 Å². The van der Waals surface area contributed by atoms with Crippen molar-refractivity contribution in [2.24, 2.45) is 4.99 Å². The number of aliphatic imine (C=N–C) groups is 1. The molecular formula is C18H26IN5OS. The molecule has 0 unspecified atom stereocenters. The van der Waals surface area contributed by atoms with Gasteiger partial charge < -0.3 is 15.0 Å². The minimum atomic E-state index is 0. The number of hydrogen-bond donors (Lipinski definition) is 1. The van der Waals surface area contributed by atoms with Crippen LogP contribution >= 0.6 is 35.3 Å². The predicted molar refractivity (Wildman–Crippen MR) is 118 cm³/mol. The molecule has 1 aliphatic rings. The minimum absolute atomic E-state index is 0. The third-order valence-electron chi connectivity index (χ3n) is 4.13. The van der Waals surface area contributed by atoms with Gasteiger partial charge in [-0.2, -0.15) is 0 Å². The monoisotopic (exact) mass is 487 g/mol. The number of ether oxygens (including phenoxy) is 1. The number of piperazine rings is 1. The van der Waals surface area contributed by atoms with Gasteiger partial charge in [-0.25, -0.2) is 0 Å². The number of rotatable bonds is 6. The zero-order chi connectivity index (χ0) is 17.3. The number of guanidine groups is 1. The molecule has 6 nitrogen and oxygen atoms in total. The number of thiophene rings is 1. The maximum absolute atomic E-state index is 5.66. The smallest absolute Gasteiger partial charge is 0.193 e. The van der Waals surface area contributed by atoms with Crippen LogP contribution in [0.3, 0.4) is 0 Å². The van der Waals surface area contributed by atoms with Gasteiger partial charge in [-0.3, -0.25) is 14.9 Å². The zero-order valence-corrected chi connectivity index (χ0v) is 18.2. The van der Waals surface area contributed by atoms with Crippen molar-refractivity contribution in [1.29, 1.82) is 0 Å². The van der Waals surface area contributed by atoms with Crippen molar-refractivity contribution in [1.82, 2.24) is 20.1 Å². The number of aromatic nitrogens is 1. The van der Waals surface area contributed by atoms with Crippen molar-refractivity contribution < 1.29 is 4.74 Å². The van der Waals surface area contributed by atoms with Crippen LogP contribution in [0.5, 0.6) is 5.75 Å². The number of pyridine rings is 1. The van der Waals surface area contributed by atoms with Crippen LogP contribution in [-0.2, 0) is 6.54 Å². The lowest BCUT2D eigenvalue weighted by molar-refractivity contribution is 0.173. The largest absolute Gasteiger partial charge is 0.490 e. The zero-order valence-electron chi connectivity index (χ0n) is 15.0. The second-order valence-electron chi connectivity index (χ2n) is 5.85. The van der Waals surface area contributed by atoms with Gasteiger partial charge in [0.25, 0.3) is 0 Å². The molecule has 0 amide bonds. The molecule has 142 valence electrons. The summed E-state index contributed by atoms with van der Waals surface area (Å²) in [7, 11) is 1.84.